The zero-order valence-corrected chi connectivity index (χ0v) is 13.4. The van der Waals surface area contributed by atoms with Gasteiger partial charge in [0.1, 0.15) is 22.3 Å². The third kappa shape index (κ3) is 1.53. The Morgan fingerprint density at radius 3 is 1.52 bits per heavy atom. The number of furan rings is 2. The van der Waals surface area contributed by atoms with Gasteiger partial charge in [-0.15, -0.1) is 0 Å². The molecule has 0 saturated carbocycles. The molecule has 2 aromatic heterocycles. The van der Waals surface area contributed by atoms with Crippen LogP contribution in [0.5, 0.6) is 0 Å². The van der Waals surface area contributed by atoms with Crippen molar-refractivity contribution in [1.82, 2.24) is 0 Å². The Kier molecular flexibility index (Phi) is 2.31. The van der Waals surface area contributed by atoms with Crippen molar-refractivity contribution in [2.75, 3.05) is 0 Å². The molecule has 0 spiro atoms. The van der Waals surface area contributed by atoms with Crippen molar-refractivity contribution in [3.63, 3.8) is 0 Å². The van der Waals surface area contributed by atoms with Gasteiger partial charge in [0.2, 0.25) is 0 Å². The van der Waals surface area contributed by atoms with E-state index >= 15 is 0 Å². The fourth-order valence-corrected chi connectivity index (χ4v) is 3.65. The number of rotatable bonds is 0. The molecule has 23 heavy (non-hydrogen) atoms. The molecule has 0 saturated heterocycles. The fraction of sp³-hybridized carbons (Fsp3) is 0.143. The Morgan fingerprint density at radius 1 is 0.565 bits per heavy atom. The van der Waals surface area contributed by atoms with Crippen molar-refractivity contribution in [3.8, 4) is 0 Å². The summed E-state index contributed by atoms with van der Waals surface area (Å²) in [5.74, 6) is 0. The van der Waals surface area contributed by atoms with Crippen LogP contribution in [-0.4, -0.2) is 0 Å². The largest absolute Gasteiger partial charge is 0.455 e. The van der Waals surface area contributed by atoms with E-state index in [0.29, 0.717) is 0 Å². The van der Waals surface area contributed by atoms with Crippen molar-refractivity contribution in [2.24, 2.45) is 0 Å². The van der Waals surface area contributed by atoms with Gasteiger partial charge in [0, 0.05) is 27.1 Å². The van der Waals surface area contributed by atoms with E-state index in [-0.39, 0.29) is 0 Å². The zero-order chi connectivity index (χ0) is 15.7. The number of benzene rings is 3. The normalized spacial score (nSPS) is 12.1. The maximum Gasteiger partial charge on any atom is 0.142 e. The fourth-order valence-electron chi connectivity index (χ4n) is 3.65. The van der Waals surface area contributed by atoms with Gasteiger partial charge in [0.05, 0.1) is 0 Å². The van der Waals surface area contributed by atoms with E-state index in [1.165, 1.54) is 10.8 Å². The summed E-state index contributed by atoms with van der Waals surface area (Å²) in [4.78, 5) is 0. The highest BCUT2D eigenvalue weighted by Gasteiger charge is 2.18. The molecule has 0 aliphatic heterocycles. The van der Waals surface area contributed by atoms with Crippen LogP contribution in [0.4, 0.5) is 0 Å². The number of hydrogen-bond acceptors (Lipinski definition) is 2. The Hall–Kier alpha value is -2.74. The van der Waals surface area contributed by atoms with Gasteiger partial charge in [-0.25, -0.2) is 0 Å². The highest BCUT2D eigenvalue weighted by Crippen LogP contribution is 2.40. The molecule has 0 bridgehead atoms. The molecule has 0 atom stereocenters. The molecule has 0 radical (unpaired) electrons. The molecule has 5 aromatic rings. The standard InChI is InChI=1S/C21H16O2/c1-11-6-4-8-14-16-10-17-15-9-5-7-12(2)19(15)23-21(17)13(3)20(16)22-18(11)14/h4-10H,1-3H3. The average molecular weight is 300 g/mol. The highest BCUT2D eigenvalue weighted by molar-refractivity contribution is 6.17. The summed E-state index contributed by atoms with van der Waals surface area (Å²) in [5, 5.41) is 4.68. The van der Waals surface area contributed by atoms with E-state index in [9.17, 15) is 0 Å². The monoisotopic (exact) mass is 300 g/mol. The van der Waals surface area contributed by atoms with Crippen molar-refractivity contribution in [3.05, 3.63) is 59.2 Å². The first-order valence-electron chi connectivity index (χ1n) is 7.88. The molecule has 0 aliphatic rings. The van der Waals surface area contributed by atoms with Gasteiger partial charge in [-0.2, -0.15) is 0 Å². The molecular weight excluding hydrogens is 284 g/mol. The molecular formula is C21H16O2. The van der Waals surface area contributed by atoms with Crippen molar-refractivity contribution in [1.29, 1.82) is 0 Å². The second-order valence-electron chi connectivity index (χ2n) is 6.36. The van der Waals surface area contributed by atoms with Crippen LogP contribution in [0.2, 0.25) is 0 Å². The summed E-state index contributed by atoms with van der Waals surface area (Å²) in [6, 6.07) is 14.8. The Balaban J connectivity index is 2.08. The van der Waals surface area contributed by atoms with Gasteiger partial charge in [-0.1, -0.05) is 36.4 Å². The smallest absolute Gasteiger partial charge is 0.142 e. The first kappa shape index (κ1) is 12.8. The van der Waals surface area contributed by atoms with Gasteiger partial charge < -0.3 is 8.83 Å². The van der Waals surface area contributed by atoms with Crippen LogP contribution in [0, 0.1) is 20.8 Å². The summed E-state index contributed by atoms with van der Waals surface area (Å²) >= 11 is 0. The van der Waals surface area contributed by atoms with Gasteiger partial charge >= 0.3 is 0 Å². The number of fused-ring (bicyclic) bond motifs is 6. The van der Waals surface area contributed by atoms with E-state index < -0.39 is 0 Å². The van der Waals surface area contributed by atoms with Gasteiger partial charge in [0.25, 0.3) is 0 Å². The lowest BCUT2D eigenvalue weighted by atomic mass is 10.0. The van der Waals surface area contributed by atoms with E-state index in [0.717, 1.165) is 49.8 Å². The lowest BCUT2D eigenvalue weighted by Crippen LogP contribution is -1.76. The van der Waals surface area contributed by atoms with E-state index in [1.54, 1.807) is 0 Å². The predicted molar refractivity (Wildman–Crippen MR) is 95.2 cm³/mol. The molecule has 0 fully saturated rings. The van der Waals surface area contributed by atoms with Crippen LogP contribution < -0.4 is 0 Å². The summed E-state index contributed by atoms with van der Waals surface area (Å²) in [6.07, 6.45) is 0. The lowest BCUT2D eigenvalue weighted by Gasteiger charge is -1.96. The number of hydrogen-bond donors (Lipinski definition) is 0. The average Bonchev–Trinajstić information content (AvgIpc) is 3.10. The molecule has 2 heteroatoms. The molecule has 0 aliphatic carbocycles. The van der Waals surface area contributed by atoms with Crippen LogP contribution in [0.3, 0.4) is 0 Å². The predicted octanol–water partition coefficient (Wildman–Crippen LogP) is 6.41. The third-order valence-corrected chi connectivity index (χ3v) is 4.87. The zero-order valence-electron chi connectivity index (χ0n) is 13.4. The topological polar surface area (TPSA) is 26.3 Å². The van der Waals surface area contributed by atoms with Crippen LogP contribution >= 0.6 is 0 Å². The molecule has 3 aromatic carbocycles. The molecule has 2 heterocycles. The summed E-state index contributed by atoms with van der Waals surface area (Å²) in [6.45, 7) is 6.26. The minimum absolute atomic E-state index is 0.929. The Labute approximate surface area is 133 Å². The second kappa shape index (κ2) is 4.17. The minimum Gasteiger partial charge on any atom is -0.455 e. The molecule has 2 nitrogen and oxygen atoms in total. The highest BCUT2D eigenvalue weighted by atomic mass is 16.3. The number of aryl methyl sites for hydroxylation is 3. The van der Waals surface area contributed by atoms with Gasteiger partial charge in [0.15, 0.2) is 0 Å². The van der Waals surface area contributed by atoms with E-state index in [1.807, 2.05) is 0 Å². The van der Waals surface area contributed by atoms with Crippen molar-refractivity contribution >= 4 is 43.9 Å². The van der Waals surface area contributed by atoms with E-state index in [4.69, 9.17) is 8.83 Å². The molecule has 112 valence electrons. The maximum atomic E-state index is 6.19. The van der Waals surface area contributed by atoms with Crippen LogP contribution in [0.25, 0.3) is 43.9 Å². The first-order chi connectivity index (χ1) is 11.1. The SMILES string of the molecule is Cc1cccc2c1oc1c(C)c3oc4c(C)cccc4c3cc12. The molecule has 0 N–H and O–H groups in total. The summed E-state index contributed by atoms with van der Waals surface area (Å²) < 4.78 is 12.4. The van der Waals surface area contributed by atoms with Crippen molar-refractivity contribution < 1.29 is 8.83 Å². The molecule has 0 unspecified atom stereocenters. The Morgan fingerprint density at radius 2 is 1.04 bits per heavy atom. The van der Waals surface area contributed by atoms with E-state index in [2.05, 4.69) is 63.2 Å². The third-order valence-electron chi connectivity index (χ3n) is 4.87. The van der Waals surface area contributed by atoms with Gasteiger partial charge in [-0.05, 0) is 38.0 Å². The quantitative estimate of drug-likeness (QED) is 0.330. The summed E-state index contributed by atoms with van der Waals surface area (Å²) in [7, 11) is 0. The number of para-hydroxylation sites is 2. The minimum atomic E-state index is 0.929. The lowest BCUT2D eigenvalue weighted by molar-refractivity contribution is 0.648. The maximum absolute atomic E-state index is 6.19. The van der Waals surface area contributed by atoms with Gasteiger partial charge in [-0.3, -0.25) is 0 Å². The van der Waals surface area contributed by atoms with Crippen LogP contribution in [0.15, 0.2) is 51.3 Å². The van der Waals surface area contributed by atoms with Crippen LogP contribution in [0.1, 0.15) is 16.7 Å². The second-order valence-corrected chi connectivity index (χ2v) is 6.36. The van der Waals surface area contributed by atoms with Crippen molar-refractivity contribution in [2.45, 2.75) is 20.8 Å². The molecule has 5 rings (SSSR count). The Bertz CT molecular complexity index is 1140. The first-order valence-corrected chi connectivity index (χ1v) is 7.88. The molecule has 0 amide bonds. The van der Waals surface area contributed by atoms with Crippen LogP contribution in [-0.2, 0) is 0 Å². The summed E-state index contributed by atoms with van der Waals surface area (Å²) in [5.41, 5.74) is 7.20.